The highest BCUT2D eigenvalue weighted by Gasteiger charge is 2.22. The molecule has 0 rings (SSSR count). The Morgan fingerprint density at radius 3 is 1.70 bits per heavy atom. The first-order valence-electron chi connectivity index (χ1n) is 17.5. The predicted molar refractivity (Wildman–Crippen MR) is 185 cm³/mol. The van der Waals surface area contributed by atoms with E-state index >= 15 is 0 Å². The van der Waals surface area contributed by atoms with Gasteiger partial charge in [-0.3, -0.25) is 14.1 Å². The molecule has 266 valence electrons. The molecule has 2 atom stereocenters. The number of unbranched alkanes of at least 4 members (excludes halogenated alkanes) is 10. The number of aliphatic hydroxyl groups is 1. The monoisotopic (exact) mass is 670 g/mol. The number of esters is 2. The molecule has 0 saturated heterocycles. The molecule has 0 aliphatic carbocycles. The van der Waals surface area contributed by atoms with Crippen LogP contribution in [0.3, 0.4) is 0 Å². The van der Waals surface area contributed by atoms with Crippen LogP contribution >= 0.6 is 7.82 Å². The van der Waals surface area contributed by atoms with Crippen LogP contribution in [0.25, 0.3) is 0 Å². The molecule has 0 amide bonds. The molecule has 0 aromatic rings. The van der Waals surface area contributed by atoms with Gasteiger partial charge in [-0.2, -0.15) is 0 Å². The fourth-order valence-corrected chi connectivity index (χ4v) is 4.82. The molecule has 0 aliphatic heterocycles. The van der Waals surface area contributed by atoms with Crippen molar-refractivity contribution < 1.29 is 43.0 Å². The van der Waals surface area contributed by atoms with E-state index in [0.717, 1.165) is 57.8 Å². The van der Waals surface area contributed by atoms with E-state index in [-0.39, 0.29) is 25.6 Å². The van der Waals surface area contributed by atoms with Gasteiger partial charge in [0.05, 0.1) is 12.7 Å². The zero-order chi connectivity index (χ0) is 34.1. The number of aliphatic hydroxyl groups excluding tert-OH is 1. The number of phosphoric ester groups is 1. The summed E-state index contributed by atoms with van der Waals surface area (Å²) in [6.07, 6.45) is 33.6. The van der Waals surface area contributed by atoms with Crippen LogP contribution in [0.2, 0.25) is 0 Å². The van der Waals surface area contributed by atoms with E-state index in [0.29, 0.717) is 19.3 Å². The van der Waals surface area contributed by atoms with E-state index in [9.17, 15) is 19.3 Å². The SMILES string of the molecule is CCCCCCCCCCCCC(=O)OC[C@H](COP(=O)(O)O)OC(=O)CCC/C=C\C/C=C\C/C=C\C/C=C\CC[C@H](O)CC. The summed E-state index contributed by atoms with van der Waals surface area (Å²) in [5.74, 6) is -0.974. The lowest BCUT2D eigenvalue weighted by molar-refractivity contribution is -0.161. The molecule has 0 aliphatic rings. The maximum Gasteiger partial charge on any atom is 0.469 e. The molecule has 10 heteroatoms. The van der Waals surface area contributed by atoms with Crippen molar-refractivity contribution in [2.24, 2.45) is 0 Å². The van der Waals surface area contributed by atoms with Crippen molar-refractivity contribution in [2.75, 3.05) is 13.2 Å². The van der Waals surface area contributed by atoms with Crippen LogP contribution < -0.4 is 0 Å². The highest BCUT2D eigenvalue weighted by molar-refractivity contribution is 7.46. The van der Waals surface area contributed by atoms with Gasteiger partial charge in [0.15, 0.2) is 6.10 Å². The van der Waals surface area contributed by atoms with Crippen molar-refractivity contribution in [3.05, 3.63) is 48.6 Å². The first-order chi connectivity index (χ1) is 22.2. The second kappa shape index (κ2) is 31.6. The van der Waals surface area contributed by atoms with Gasteiger partial charge in [0.2, 0.25) is 0 Å². The molecule has 9 nitrogen and oxygen atoms in total. The van der Waals surface area contributed by atoms with Crippen molar-refractivity contribution >= 4 is 19.8 Å². The Bertz CT molecular complexity index is 907. The zero-order valence-corrected chi connectivity index (χ0v) is 29.5. The fourth-order valence-electron chi connectivity index (χ4n) is 4.46. The average molecular weight is 671 g/mol. The Hall–Kier alpha value is -2.03. The van der Waals surface area contributed by atoms with Crippen LogP contribution in [0, 0.1) is 0 Å². The Balaban J connectivity index is 4.13. The number of hydrogen-bond donors (Lipinski definition) is 3. The van der Waals surface area contributed by atoms with Crippen molar-refractivity contribution in [3.63, 3.8) is 0 Å². The summed E-state index contributed by atoms with van der Waals surface area (Å²) in [6.45, 7) is 3.32. The molecule has 0 aromatic heterocycles. The van der Waals surface area contributed by atoms with Gasteiger partial charge in [-0.15, -0.1) is 0 Å². The number of allylic oxidation sites excluding steroid dienone is 8. The molecular formula is C36H63O9P. The maximum atomic E-state index is 12.3. The summed E-state index contributed by atoms with van der Waals surface area (Å²) < 4.78 is 26.1. The molecule has 0 fully saturated rings. The summed E-state index contributed by atoms with van der Waals surface area (Å²) in [5.41, 5.74) is 0. The van der Waals surface area contributed by atoms with Crippen molar-refractivity contribution in [1.82, 2.24) is 0 Å². The standard InChI is InChI=1S/C36H63O9P/c1-3-5-6-7-8-9-17-20-23-26-29-35(38)43-31-34(32-44-46(40,41)42)45-36(39)30-27-24-21-18-15-13-11-10-12-14-16-19-22-25-28-33(37)4-2/h11-14,18-19,21-22,33-34,37H,3-10,15-17,20,23-32H2,1-2H3,(H2,40,41,42)/b13-11-,14-12-,21-18-,22-19-/t33-,34-/m1/s1. The van der Waals surface area contributed by atoms with Gasteiger partial charge in [0, 0.05) is 12.8 Å². The van der Waals surface area contributed by atoms with Gasteiger partial charge in [-0.05, 0) is 57.8 Å². The van der Waals surface area contributed by atoms with Gasteiger partial charge >= 0.3 is 19.8 Å². The molecular weight excluding hydrogens is 607 g/mol. The van der Waals surface area contributed by atoms with Crippen LogP contribution in [0.1, 0.15) is 142 Å². The third-order valence-electron chi connectivity index (χ3n) is 7.26. The first-order valence-corrected chi connectivity index (χ1v) is 19.0. The second-order valence-electron chi connectivity index (χ2n) is 11.6. The van der Waals surface area contributed by atoms with E-state index in [1.165, 1.54) is 38.5 Å². The van der Waals surface area contributed by atoms with Crippen LogP contribution in [0.15, 0.2) is 48.6 Å². The topological polar surface area (TPSA) is 140 Å². The Labute approximate surface area is 278 Å². The summed E-state index contributed by atoms with van der Waals surface area (Å²) in [7, 11) is -4.77. The number of carbonyl (C=O) groups excluding carboxylic acids is 2. The first kappa shape index (κ1) is 44.0. The van der Waals surface area contributed by atoms with E-state index in [1.807, 2.05) is 19.1 Å². The van der Waals surface area contributed by atoms with Crippen LogP contribution in [-0.4, -0.2) is 52.3 Å². The minimum atomic E-state index is -4.77. The maximum absolute atomic E-state index is 12.3. The number of ether oxygens (including phenoxy) is 2. The molecule has 0 bridgehead atoms. The van der Waals surface area contributed by atoms with E-state index in [2.05, 4.69) is 47.9 Å². The van der Waals surface area contributed by atoms with E-state index < -0.39 is 32.5 Å². The van der Waals surface area contributed by atoms with Crippen molar-refractivity contribution in [3.8, 4) is 0 Å². The molecule has 0 saturated carbocycles. The molecule has 0 radical (unpaired) electrons. The molecule has 0 aromatic carbocycles. The third-order valence-corrected chi connectivity index (χ3v) is 7.75. The lowest BCUT2D eigenvalue weighted by Crippen LogP contribution is -2.29. The summed E-state index contributed by atoms with van der Waals surface area (Å²) in [6, 6.07) is 0. The van der Waals surface area contributed by atoms with Crippen molar-refractivity contribution in [2.45, 2.75) is 154 Å². The van der Waals surface area contributed by atoms with Gasteiger partial charge in [-0.25, -0.2) is 4.57 Å². The van der Waals surface area contributed by atoms with Crippen molar-refractivity contribution in [1.29, 1.82) is 0 Å². The zero-order valence-electron chi connectivity index (χ0n) is 28.6. The molecule has 46 heavy (non-hydrogen) atoms. The Morgan fingerprint density at radius 1 is 0.652 bits per heavy atom. The van der Waals surface area contributed by atoms with Crippen LogP contribution in [0.5, 0.6) is 0 Å². The minimum Gasteiger partial charge on any atom is -0.462 e. The number of phosphoric acid groups is 1. The summed E-state index contributed by atoms with van der Waals surface area (Å²) in [4.78, 5) is 42.5. The normalized spacial score (nSPS) is 13.8. The molecule has 0 spiro atoms. The number of rotatable bonds is 31. The average Bonchev–Trinajstić information content (AvgIpc) is 3.02. The lowest BCUT2D eigenvalue weighted by Gasteiger charge is -2.18. The fraction of sp³-hybridized carbons (Fsp3) is 0.722. The minimum absolute atomic E-state index is 0.123. The van der Waals surface area contributed by atoms with E-state index in [1.54, 1.807) is 0 Å². The molecule has 0 unspecified atom stereocenters. The summed E-state index contributed by atoms with van der Waals surface area (Å²) >= 11 is 0. The van der Waals surface area contributed by atoms with Crippen LogP contribution in [0.4, 0.5) is 0 Å². The molecule has 0 heterocycles. The van der Waals surface area contributed by atoms with Crippen LogP contribution in [-0.2, 0) is 28.2 Å². The smallest absolute Gasteiger partial charge is 0.462 e. The Kier molecular flexibility index (Phi) is 30.2. The highest BCUT2D eigenvalue weighted by atomic mass is 31.2. The second-order valence-corrected chi connectivity index (χ2v) is 12.9. The predicted octanol–water partition coefficient (Wildman–Crippen LogP) is 8.98. The summed E-state index contributed by atoms with van der Waals surface area (Å²) in [5, 5.41) is 9.52. The van der Waals surface area contributed by atoms with Gasteiger partial charge in [-0.1, -0.05) is 120 Å². The van der Waals surface area contributed by atoms with Gasteiger partial charge < -0.3 is 24.4 Å². The van der Waals surface area contributed by atoms with E-state index in [4.69, 9.17) is 19.3 Å². The lowest BCUT2D eigenvalue weighted by atomic mass is 10.1. The number of hydrogen-bond acceptors (Lipinski definition) is 7. The molecule has 3 N–H and O–H groups in total. The van der Waals surface area contributed by atoms with Gasteiger partial charge in [0.25, 0.3) is 0 Å². The third kappa shape index (κ3) is 33.3. The Morgan fingerprint density at radius 2 is 1.15 bits per heavy atom. The quantitative estimate of drug-likeness (QED) is 0.0285. The van der Waals surface area contributed by atoms with Gasteiger partial charge in [0.1, 0.15) is 6.61 Å². The number of carbonyl (C=O) groups is 2. The highest BCUT2D eigenvalue weighted by Crippen LogP contribution is 2.35. The largest absolute Gasteiger partial charge is 0.469 e.